The molecule has 0 aliphatic heterocycles. The number of carbonyl (C=O) groups excluding carboxylic acids is 1. The van der Waals surface area contributed by atoms with Crippen molar-refractivity contribution in [2.45, 2.75) is 32.2 Å². The largest absolute Gasteiger partial charge is 0.351 e. The van der Waals surface area contributed by atoms with Crippen LogP contribution < -0.4 is 10.6 Å². The minimum Gasteiger partial charge on any atom is -0.351 e. The Bertz CT molecular complexity index is 393. The van der Waals surface area contributed by atoms with Crippen LogP contribution in [0.1, 0.15) is 35.4 Å². The van der Waals surface area contributed by atoms with Crippen LogP contribution in [0.15, 0.2) is 12.1 Å². The van der Waals surface area contributed by atoms with Gasteiger partial charge in [-0.1, -0.05) is 0 Å². The molecule has 0 atom stereocenters. The summed E-state index contributed by atoms with van der Waals surface area (Å²) < 4.78 is 1.91. The first-order chi connectivity index (χ1) is 8.18. The second-order valence-electron chi connectivity index (χ2n) is 4.76. The maximum atomic E-state index is 11.8. The van der Waals surface area contributed by atoms with Gasteiger partial charge in [-0.05, 0) is 44.9 Å². The fraction of sp³-hybridized carbons (Fsp3) is 0.615. The van der Waals surface area contributed by atoms with Crippen LogP contribution in [0.5, 0.6) is 0 Å². The number of nitrogens with one attached hydrogen (secondary N) is 2. The van der Waals surface area contributed by atoms with Crippen LogP contribution in [-0.4, -0.2) is 29.6 Å². The average molecular weight is 235 g/mol. The SMILES string of the molecule is Cc1ccc(C(=O)NCCCNC2CC2)n1C. The molecule has 1 saturated carbocycles. The summed E-state index contributed by atoms with van der Waals surface area (Å²) in [6, 6.07) is 4.58. The number of carbonyl (C=O) groups is 1. The number of nitrogens with zero attached hydrogens (tertiary/aromatic N) is 1. The Labute approximate surface area is 102 Å². The molecule has 0 radical (unpaired) electrons. The Kier molecular flexibility index (Phi) is 3.84. The number of hydrogen-bond acceptors (Lipinski definition) is 2. The molecule has 17 heavy (non-hydrogen) atoms. The fourth-order valence-electron chi connectivity index (χ4n) is 1.82. The van der Waals surface area contributed by atoms with Crippen LogP contribution in [0.2, 0.25) is 0 Å². The number of rotatable bonds is 6. The van der Waals surface area contributed by atoms with Crippen molar-refractivity contribution < 1.29 is 4.79 Å². The van der Waals surface area contributed by atoms with E-state index in [1.807, 2.05) is 30.7 Å². The topological polar surface area (TPSA) is 46.1 Å². The molecule has 1 aliphatic rings. The highest BCUT2D eigenvalue weighted by Gasteiger charge is 2.19. The van der Waals surface area contributed by atoms with E-state index in [2.05, 4.69) is 10.6 Å². The third kappa shape index (κ3) is 3.33. The van der Waals surface area contributed by atoms with Gasteiger partial charge in [0.2, 0.25) is 0 Å². The molecule has 0 saturated heterocycles. The lowest BCUT2D eigenvalue weighted by Gasteiger charge is -2.07. The molecule has 0 aromatic carbocycles. The highest BCUT2D eigenvalue weighted by Crippen LogP contribution is 2.18. The zero-order valence-corrected chi connectivity index (χ0v) is 10.6. The molecule has 0 spiro atoms. The number of hydrogen-bond donors (Lipinski definition) is 2. The quantitative estimate of drug-likeness (QED) is 0.728. The zero-order valence-electron chi connectivity index (χ0n) is 10.6. The Morgan fingerprint density at radius 3 is 2.76 bits per heavy atom. The summed E-state index contributed by atoms with van der Waals surface area (Å²) in [4.78, 5) is 11.8. The van der Waals surface area contributed by atoms with Gasteiger partial charge in [-0.2, -0.15) is 0 Å². The fourth-order valence-corrected chi connectivity index (χ4v) is 1.82. The lowest BCUT2D eigenvalue weighted by atomic mass is 10.3. The number of aryl methyl sites for hydroxylation is 1. The Hall–Kier alpha value is -1.29. The van der Waals surface area contributed by atoms with Crippen molar-refractivity contribution in [1.82, 2.24) is 15.2 Å². The standard InChI is InChI=1S/C13H21N3O/c1-10-4-7-12(16(10)2)13(17)15-9-3-8-14-11-5-6-11/h4,7,11,14H,3,5-6,8-9H2,1-2H3,(H,15,17). The van der Waals surface area contributed by atoms with Crippen LogP contribution >= 0.6 is 0 Å². The molecule has 1 aromatic heterocycles. The van der Waals surface area contributed by atoms with E-state index in [-0.39, 0.29) is 5.91 Å². The molecule has 4 nitrogen and oxygen atoms in total. The van der Waals surface area contributed by atoms with Gasteiger partial charge in [0.25, 0.3) is 5.91 Å². The van der Waals surface area contributed by atoms with Gasteiger partial charge < -0.3 is 15.2 Å². The van der Waals surface area contributed by atoms with Crippen LogP contribution in [0.4, 0.5) is 0 Å². The lowest BCUT2D eigenvalue weighted by molar-refractivity contribution is 0.0945. The van der Waals surface area contributed by atoms with Crippen LogP contribution in [0.25, 0.3) is 0 Å². The second kappa shape index (κ2) is 5.36. The molecule has 2 N–H and O–H groups in total. The second-order valence-corrected chi connectivity index (χ2v) is 4.76. The summed E-state index contributed by atoms with van der Waals surface area (Å²) >= 11 is 0. The first-order valence-electron chi connectivity index (χ1n) is 6.32. The van der Waals surface area contributed by atoms with E-state index in [0.29, 0.717) is 0 Å². The molecule has 1 heterocycles. The molecule has 1 aliphatic carbocycles. The minimum absolute atomic E-state index is 0.0204. The summed E-state index contributed by atoms with van der Waals surface area (Å²) in [6.45, 7) is 3.73. The third-order valence-electron chi connectivity index (χ3n) is 3.25. The summed E-state index contributed by atoms with van der Waals surface area (Å²) in [5.74, 6) is 0.0204. The van der Waals surface area contributed by atoms with Gasteiger partial charge in [0, 0.05) is 25.3 Å². The predicted molar refractivity (Wildman–Crippen MR) is 68.1 cm³/mol. The monoisotopic (exact) mass is 235 g/mol. The molecule has 0 bridgehead atoms. The van der Waals surface area contributed by atoms with Gasteiger partial charge in [-0.3, -0.25) is 4.79 Å². The highest BCUT2D eigenvalue weighted by atomic mass is 16.1. The van der Waals surface area contributed by atoms with Crippen LogP contribution in [0.3, 0.4) is 0 Å². The van der Waals surface area contributed by atoms with Crippen molar-refractivity contribution in [3.8, 4) is 0 Å². The molecule has 4 heteroatoms. The maximum Gasteiger partial charge on any atom is 0.267 e. The molecule has 1 fully saturated rings. The minimum atomic E-state index is 0.0204. The van der Waals surface area contributed by atoms with Gasteiger partial charge in [-0.25, -0.2) is 0 Å². The van der Waals surface area contributed by atoms with Crippen molar-refractivity contribution in [1.29, 1.82) is 0 Å². The molecular weight excluding hydrogens is 214 g/mol. The van der Waals surface area contributed by atoms with E-state index in [1.54, 1.807) is 0 Å². The van der Waals surface area contributed by atoms with Gasteiger partial charge in [0.15, 0.2) is 0 Å². The van der Waals surface area contributed by atoms with E-state index in [9.17, 15) is 4.79 Å². The lowest BCUT2D eigenvalue weighted by Crippen LogP contribution is -2.29. The van der Waals surface area contributed by atoms with Crippen molar-refractivity contribution in [3.05, 3.63) is 23.5 Å². The predicted octanol–water partition coefficient (Wildman–Crippen LogP) is 1.21. The smallest absolute Gasteiger partial charge is 0.267 e. The van der Waals surface area contributed by atoms with Gasteiger partial charge in [0.1, 0.15) is 5.69 Å². The normalized spacial score (nSPS) is 14.9. The van der Waals surface area contributed by atoms with Gasteiger partial charge in [-0.15, -0.1) is 0 Å². The first kappa shape index (κ1) is 12.2. The number of amides is 1. The number of aromatic nitrogens is 1. The highest BCUT2D eigenvalue weighted by molar-refractivity contribution is 5.92. The van der Waals surface area contributed by atoms with E-state index in [1.165, 1.54) is 12.8 Å². The van der Waals surface area contributed by atoms with Crippen LogP contribution in [-0.2, 0) is 7.05 Å². The zero-order chi connectivity index (χ0) is 12.3. The van der Waals surface area contributed by atoms with E-state index >= 15 is 0 Å². The molecule has 94 valence electrons. The molecule has 1 aromatic rings. The molecule has 1 amide bonds. The van der Waals surface area contributed by atoms with E-state index < -0.39 is 0 Å². The Morgan fingerprint density at radius 2 is 2.18 bits per heavy atom. The molecule has 2 rings (SSSR count). The van der Waals surface area contributed by atoms with Crippen molar-refractivity contribution in [2.24, 2.45) is 7.05 Å². The molecule has 0 unspecified atom stereocenters. The Balaban J connectivity index is 1.67. The molecular formula is C13H21N3O. The summed E-state index contributed by atoms with van der Waals surface area (Å²) in [6.07, 6.45) is 3.62. The Morgan fingerprint density at radius 1 is 1.41 bits per heavy atom. The maximum absolute atomic E-state index is 11.8. The van der Waals surface area contributed by atoms with Gasteiger partial charge in [0.05, 0.1) is 0 Å². The summed E-state index contributed by atoms with van der Waals surface area (Å²) in [7, 11) is 1.92. The third-order valence-corrected chi connectivity index (χ3v) is 3.25. The average Bonchev–Trinajstić information content (AvgIpc) is 3.06. The first-order valence-corrected chi connectivity index (χ1v) is 6.32. The van der Waals surface area contributed by atoms with Crippen molar-refractivity contribution in [3.63, 3.8) is 0 Å². The van der Waals surface area contributed by atoms with Gasteiger partial charge >= 0.3 is 0 Å². The summed E-state index contributed by atoms with van der Waals surface area (Å²) in [5, 5.41) is 6.38. The van der Waals surface area contributed by atoms with E-state index in [0.717, 1.165) is 36.9 Å². The van der Waals surface area contributed by atoms with Crippen molar-refractivity contribution >= 4 is 5.91 Å². The van der Waals surface area contributed by atoms with Crippen LogP contribution in [0, 0.1) is 6.92 Å². The summed E-state index contributed by atoms with van der Waals surface area (Å²) in [5.41, 5.74) is 1.84. The van der Waals surface area contributed by atoms with Crippen molar-refractivity contribution in [2.75, 3.05) is 13.1 Å². The van der Waals surface area contributed by atoms with E-state index in [4.69, 9.17) is 0 Å².